The Balaban J connectivity index is 4.14. The van der Waals surface area contributed by atoms with Gasteiger partial charge in [0.2, 0.25) is 5.91 Å². The number of aliphatic hydroxyl groups is 1. The molecule has 3 unspecified atom stereocenters. The first-order valence-corrected chi connectivity index (χ1v) is 23.3. The molecule has 0 aromatic carbocycles. The maximum atomic E-state index is 12.8. The second kappa shape index (κ2) is 35.2. The van der Waals surface area contributed by atoms with Gasteiger partial charge in [0.15, 0.2) is 0 Å². The Bertz CT molecular complexity index is 809. The fraction of sp³-hybridized carbons (Fsp3) is 0.976. The van der Waals surface area contributed by atoms with E-state index in [2.05, 4.69) is 19.2 Å². The quantitative estimate of drug-likeness (QED) is 0.0367. The van der Waals surface area contributed by atoms with Crippen molar-refractivity contribution < 1.29 is 32.9 Å². The first kappa shape index (κ1) is 50.5. The third kappa shape index (κ3) is 37.6. The molecule has 51 heavy (non-hydrogen) atoms. The minimum Gasteiger partial charge on any atom is -0.756 e. The van der Waals surface area contributed by atoms with Crippen molar-refractivity contribution in [2.45, 2.75) is 225 Å². The van der Waals surface area contributed by atoms with Gasteiger partial charge in [0.05, 0.1) is 39.9 Å². The molecule has 1 amide bonds. The van der Waals surface area contributed by atoms with Gasteiger partial charge in [-0.15, -0.1) is 0 Å². The van der Waals surface area contributed by atoms with Crippen LogP contribution in [0.25, 0.3) is 0 Å². The van der Waals surface area contributed by atoms with E-state index in [0.717, 1.165) is 38.5 Å². The van der Waals surface area contributed by atoms with Gasteiger partial charge >= 0.3 is 0 Å². The van der Waals surface area contributed by atoms with Crippen LogP contribution in [0, 0.1) is 0 Å². The molecule has 0 heterocycles. The van der Waals surface area contributed by atoms with Crippen LogP contribution >= 0.6 is 7.82 Å². The summed E-state index contributed by atoms with van der Waals surface area (Å²) in [6, 6.07) is -0.791. The summed E-state index contributed by atoms with van der Waals surface area (Å²) in [6.07, 6.45) is 36.9. The number of nitrogens with zero attached hydrogens (tertiary/aromatic N) is 1. The van der Waals surface area contributed by atoms with Gasteiger partial charge in [0.1, 0.15) is 13.2 Å². The Hall–Kier alpha value is -0.500. The average molecular weight is 747 g/mol. The SMILES string of the molecule is CCCCCCCCCCCCCCCCCCCCCCCC(=O)NC(COP(=O)([O-])OCC[N+](C)(C)C)C(O)CCCCCCCCCC. The van der Waals surface area contributed by atoms with Crippen molar-refractivity contribution >= 4 is 13.7 Å². The molecule has 0 aliphatic carbocycles. The molecule has 8 nitrogen and oxygen atoms in total. The lowest BCUT2D eigenvalue weighted by molar-refractivity contribution is -0.870. The van der Waals surface area contributed by atoms with E-state index in [-0.39, 0.29) is 19.1 Å². The molecule has 3 atom stereocenters. The van der Waals surface area contributed by atoms with E-state index in [1.165, 1.54) is 148 Å². The number of carbonyl (C=O) groups is 1. The summed E-state index contributed by atoms with van der Waals surface area (Å²) in [6.45, 7) is 4.70. The van der Waals surface area contributed by atoms with Gasteiger partial charge < -0.3 is 28.8 Å². The van der Waals surface area contributed by atoms with E-state index in [0.29, 0.717) is 23.9 Å². The van der Waals surface area contributed by atoms with E-state index in [1.54, 1.807) is 0 Å². The summed E-state index contributed by atoms with van der Waals surface area (Å²) >= 11 is 0. The van der Waals surface area contributed by atoms with Crippen molar-refractivity contribution in [3.05, 3.63) is 0 Å². The smallest absolute Gasteiger partial charge is 0.268 e. The normalized spacial score (nSPS) is 14.4. The average Bonchev–Trinajstić information content (AvgIpc) is 3.07. The van der Waals surface area contributed by atoms with Crippen LogP contribution in [0.3, 0.4) is 0 Å². The van der Waals surface area contributed by atoms with Crippen LogP contribution in [0.1, 0.15) is 213 Å². The number of quaternary nitrogens is 1. The maximum Gasteiger partial charge on any atom is 0.268 e. The zero-order chi connectivity index (χ0) is 37.9. The molecule has 0 aromatic heterocycles. The topological polar surface area (TPSA) is 108 Å². The van der Waals surface area contributed by atoms with Crippen molar-refractivity contribution in [1.82, 2.24) is 5.32 Å². The van der Waals surface area contributed by atoms with E-state index < -0.39 is 20.0 Å². The number of aliphatic hydroxyl groups excluding tert-OH is 1. The van der Waals surface area contributed by atoms with E-state index in [1.807, 2.05) is 21.1 Å². The Morgan fingerprint density at radius 2 is 0.961 bits per heavy atom. The van der Waals surface area contributed by atoms with E-state index in [4.69, 9.17) is 9.05 Å². The summed E-state index contributed by atoms with van der Waals surface area (Å²) in [5, 5.41) is 13.8. The van der Waals surface area contributed by atoms with E-state index >= 15 is 0 Å². The molecule has 0 aliphatic rings. The fourth-order valence-corrected chi connectivity index (χ4v) is 7.29. The molecule has 306 valence electrons. The molecule has 0 spiro atoms. The van der Waals surface area contributed by atoms with Crippen LogP contribution in [0.15, 0.2) is 0 Å². The number of amides is 1. The van der Waals surface area contributed by atoms with Gasteiger partial charge in [-0.25, -0.2) is 0 Å². The van der Waals surface area contributed by atoms with Crippen molar-refractivity contribution in [2.24, 2.45) is 0 Å². The maximum absolute atomic E-state index is 12.8. The lowest BCUT2D eigenvalue weighted by atomic mass is 10.0. The zero-order valence-electron chi connectivity index (χ0n) is 34.6. The van der Waals surface area contributed by atoms with Crippen LogP contribution in [-0.4, -0.2) is 68.5 Å². The number of unbranched alkanes of at least 4 members (excludes halogenated alkanes) is 27. The molecule has 0 aromatic rings. The van der Waals surface area contributed by atoms with Crippen LogP contribution in [0.4, 0.5) is 0 Å². The fourth-order valence-electron chi connectivity index (χ4n) is 6.57. The molecule has 0 bridgehead atoms. The molecule has 0 fully saturated rings. The minimum absolute atomic E-state index is 0.0155. The van der Waals surface area contributed by atoms with Gasteiger partial charge in [-0.05, 0) is 12.8 Å². The van der Waals surface area contributed by atoms with Crippen molar-refractivity contribution in [3.8, 4) is 0 Å². The number of carbonyl (C=O) groups excluding carboxylic acids is 1. The Morgan fingerprint density at radius 1 is 0.608 bits per heavy atom. The third-order valence-electron chi connectivity index (χ3n) is 10.1. The number of hydrogen-bond donors (Lipinski definition) is 2. The molecular formula is C42H87N2O6P. The molecule has 9 heteroatoms. The zero-order valence-corrected chi connectivity index (χ0v) is 35.5. The van der Waals surface area contributed by atoms with Crippen LogP contribution in [-0.2, 0) is 18.4 Å². The van der Waals surface area contributed by atoms with Crippen molar-refractivity contribution in [1.29, 1.82) is 0 Å². The Morgan fingerprint density at radius 3 is 1.33 bits per heavy atom. The summed E-state index contributed by atoms with van der Waals surface area (Å²) in [7, 11) is 1.31. The van der Waals surface area contributed by atoms with Crippen LogP contribution < -0.4 is 10.2 Å². The van der Waals surface area contributed by atoms with Crippen LogP contribution in [0.2, 0.25) is 0 Å². The highest BCUT2D eigenvalue weighted by molar-refractivity contribution is 7.45. The van der Waals surface area contributed by atoms with Gasteiger partial charge in [0.25, 0.3) is 7.82 Å². The highest BCUT2D eigenvalue weighted by atomic mass is 31.2. The number of likely N-dealkylation sites (N-methyl/N-ethyl adjacent to an activating group) is 1. The highest BCUT2D eigenvalue weighted by Crippen LogP contribution is 2.38. The third-order valence-corrected chi connectivity index (χ3v) is 11.1. The Labute approximate surface area is 317 Å². The lowest BCUT2D eigenvalue weighted by Gasteiger charge is -2.30. The molecule has 0 radical (unpaired) electrons. The second-order valence-corrected chi connectivity index (χ2v) is 17.8. The number of phosphoric ester groups is 1. The molecule has 0 rings (SSSR count). The molecule has 0 aliphatic heterocycles. The number of nitrogens with one attached hydrogen (secondary N) is 1. The van der Waals surface area contributed by atoms with Crippen LogP contribution in [0.5, 0.6) is 0 Å². The van der Waals surface area contributed by atoms with Gasteiger partial charge in [0, 0.05) is 6.42 Å². The number of phosphoric acid groups is 1. The minimum atomic E-state index is -4.55. The summed E-state index contributed by atoms with van der Waals surface area (Å²) in [4.78, 5) is 25.2. The molecule has 0 saturated carbocycles. The predicted molar refractivity (Wildman–Crippen MR) is 215 cm³/mol. The Kier molecular flexibility index (Phi) is 34.9. The second-order valence-electron chi connectivity index (χ2n) is 16.4. The summed E-state index contributed by atoms with van der Waals surface area (Å²) < 4.78 is 23.2. The highest BCUT2D eigenvalue weighted by Gasteiger charge is 2.24. The molecule has 0 saturated heterocycles. The molecule has 2 N–H and O–H groups in total. The van der Waals surface area contributed by atoms with Crippen molar-refractivity contribution in [2.75, 3.05) is 40.9 Å². The number of rotatable bonds is 40. The summed E-state index contributed by atoms with van der Waals surface area (Å²) in [5.41, 5.74) is 0. The predicted octanol–water partition coefficient (Wildman–Crippen LogP) is 11.2. The van der Waals surface area contributed by atoms with Gasteiger partial charge in [-0.1, -0.05) is 194 Å². The monoisotopic (exact) mass is 747 g/mol. The lowest BCUT2D eigenvalue weighted by Crippen LogP contribution is -2.46. The largest absolute Gasteiger partial charge is 0.756 e. The van der Waals surface area contributed by atoms with E-state index in [9.17, 15) is 19.4 Å². The molecular weight excluding hydrogens is 659 g/mol. The number of hydrogen-bond acceptors (Lipinski definition) is 6. The van der Waals surface area contributed by atoms with Gasteiger partial charge in [-0.2, -0.15) is 0 Å². The first-order chi connectivity index (χ1) is 24.5. The van der Waals surface area contributed by atoms with Gasteiger partial charge in [-0.3, -0.25) is 9.36 Å². The van der Waals surface area contributed by atoms with Crippen molar-refractivity contribution in [3.63, 3.8) is 0 Å². The first-order valence-electron chi connectivity index (χ1n) is 21.9. The standard InChI is InChI=1S/C42H87N2O6P/c1-6-8-10-12-14-16-17-18-19-20-21-22-23-24-25-26-27-28-30-32-34-36-42(46)43-40(39-50-51(47,48)49-38-37-44(3,4)5)41(45)35-33-31-29-15-13-11-9-7-2/h40-41,45H,6-39H2,1-5H3,(H-,43,46,47,48). The summed E-state index contributed by atoms with van der Waals surface area (Å²) in [5.74, 6) is -0.164.